The lowest BCUT2D eigenvalue weighted by Gasteiger charge is -2.11. The van der Waals surface area contributed by atoms with Crippen molar-refractivity contribution in [2.45, 2.75) is 25.9 Å². The highest BCUT2D eigenvalue weighted by atomic mass is 16.5. The van der Waals surface area contributed by atoms with Gasteiger partial charge in [-0.1, -0.05) is 66.7 Å². The number of rotatable bonds is 9. The lowest BCUT2D eigenvalue weighted by atomic mass is 10.1. The Labute approximate surface area is 215 Å². The van der Waals surface area contributed by atoms with Gasteiger partial charge in [0.15, 0.2) is 0 Å². The van der Waals surface area contributed by atoms with E-state index in [2.05, 4.69) is 69.8 Å². The van der Waals surface area contributed by atoms with Gasteiger partial charge in [0, 0.05) is 52.5 Å². The molecule has 184 valence electrons. The van der Waals surface area contributed by atoms with E-state index in [0.29, 0.717) is 13.2 Å². The topological polar surface area (TPSA) is 56.4 Å². The van der Waals surface area contributed by atoms with E-state index in [0.717, 1.165) is 35.2 Å². The molecule has 0 saturated carbocycles. The van der Waals surface area contributed by atoms with Gasteiger partial charge >= 0.3 is 5.97 Å². The van der Waals surface area contributed by atoms with Crippen molar-refractivity contribution in [1.29, 1.82) is 0 Å². The van der Waals surface area contributed by atoms with Crippen LogP contribution in [0.2, 0.25) is 0 Å². The van der Waals surface area contributed by atoms with Crippen LogP contribution in [-0.4, -0.2) is 26.8 Å². The van der Waals surface area contributed by atoms with Crippen molar-refractivity contribution in [2.75, 3.05) is 6.61 Å². The van der Waals surface area contributed by atoms with Crippen LogP contribution in [0.5, 0.6) is 5.75 Å². The minimum atomic E-state index is -0.829. The molecule has 6 rings (SSSR count). The van der Waals surface area contributed by atoms with Crippen LogP contribution in [0, 0.1) is 0 Å². The fourth-order valence-electron chi connectivity index (χ4n) is 5.31. The fraction of sp³-hybridized carbons (Fsp3) is 0.156. The van der Waals surface area contributed by atoms with Crippen LogP contribution in [0.4, 0.5) is 0 Å². The molecule has 0 spiro atoms. The highest BCUT2D eigenvalue weighted by Gasteiger charge is 2.13. The summed E-state index contributed by atoms with van der Waals surface area (Å²) >= 11 is 0. The number of carboxylic acids is 1. The highest BCUT2D eigenvalue weighted by Crippen LogP contribution is 2.30. The zero-order valence-electron chi connectivity index (χ0n) is 20.5. The molecule has 0 aliphatic heterocycles. The summed E-state index contributed by atoms with van der Waals surface area (Å²) in [5.74, 6) is -0.0341. The molecule has 0 aliphatic rings. The van der Waals surface area contributed by atoms with Crippen molar-refractivity contribution < 1.29 is 14.6 Å². The molecule has 0 unspecified atom stereocenters. The molecule has 0 radical (unpaired) electrons. The second-order valence-electron chi connectivity index (χ2n) is 9.41. The van der Waals surface area contributed by atoms with Crippen LogP contribution < -0.4 is 4.74 Å². The SMILES string of the molecule is O=C(O)Cc1cn(Cc2ccccc2)c2cc(OCCCn3c4ccccc4c4ccccc43)ccc12. The lowest BCUT2D eigenvalue weighted by molar-refractivity contribution is -0.136. The summed E-state index contributed by atoms with van der Waals surface area (Å²) in [7, 11) is 0. The third kappa shape index (κ3) is 4.56. The number of nitrogens with zero attached hydrogens (tertiary/aromatic N) is 2. The summed E-state index contributed by atoms with van der Waals surface area (Å²) in [5, 5.41) is 12.9. The van der Waals surface area contributed by atoms with E-state index in [1.165, 1.54) is 27.4 Å². The van der Waals surface area contributed by atoms with Gasteiger partial charge in [0.05, 0.1) is 18.5 Å². The van der Waals surface area contributed by atoms with Gasteiger partial charge in [-0.15, -0.1) is 0 Å². The van der Waals surface area contributed by atoms with Gasteiger partial charge in [0.25, 0.3) is 0 Å². The predicted octanol–water partition coefficient (Wildman–Crippen LogP) is 6.89. The number of hydrogen-bond donors (Lipinski definition) is 1. The molecule has 5 nitrogen and oxygen atoms in total. The number of aryl methyl sites for hydroxylation is 1. The summed E-state index contributed by atoms with van der Waals surface area (Å²) < 4.78 is 10.7. The van der Waals surface area contributed by atoms with Gasteiger partial charge in [-0.25, -0.2) is 0 Å². The Kier molecular flexibility index (Phi) is 6.11. The second-order valence-corrected chi connectivity index (χ2v) is 9.41. The van der Waals surface area contributed by atoms with E-state index in [1.54, 1.807) is 0 Å². The molecule has 0 saturated heterocycles. The molecular weight excluding hydrogens is 460 g/mol. The predicted molar refractivity (Wildman–Crippen MR) is 148 cm³/mol. The molecule has 0 fully saturated rings. The number of para-hydroxylation sites is 2. The van der Waals surface area contributed by atoms with E-state index >= 15 is 0 Å². The normalized spacial score (nSPS) is 11.5. The monoisotopic (exact) mass is 488 g/mol. The minimum absolute atomic E-state index is 0.00270. The molecular formula is C32H28N2O3. The van der Waals surface area contributed by atoms with Crippen LogP contribution in [0.3, 0.4) is 0 Å². The zero-order valence-corrected chi connectivity index (χ0v) is 20.5. The third-order valence-electron chi connectivity index (χ3n) is 6.95. The number of hydrogen-bond acceptors (Lipinski definition) is 2. The first kappa shape index (κ1) is 22.9. The summed E-state index contributed by atoms with van der Waals surface area (Å²) in [6.45, 7) is 2.13. The molecule has 2 heterocycles. The summed E-state index contributed by atoms with van der Waals surface area (Å²) in [4.78, 5) is 11.4. The van der Waals surface area contributed by atoms with Crippen LogP contribution >= 0.6 is 0 Å². The van der Waals surface area contributed by atoms with Gasteiger partial charge in [-0.2, -0.15) is 0 Å². The maximum Gasteiger partial charge on any atom is 0.307 e. The van der Waals surface area contributed by atoms with E-state index in [9.17, 15) is 9.90 Å². The number of fused-ring (bicyclic) bond motifs is 4. The number of carbonyl (C=O) groups is 1. The Balaban J connectivity index is 1.21. The van der Waals surface area contributed by atoms with E-state index in [1.807, 2.05) is 42.6 Å². The number of ether oxygens (including phenoxy) is 1. The van der Waals surface area contributed by atoms with Crippen LogP contribution in [0.25, 0.3) is 32.7 Å². The maximum atomic E-state index is 11.4. The third-order valence-corrected chi connectivity index (χ3v) is 6.95. The van der Waals surface area contributed by atoms with Gasteiger partial charge < -0.3 is 19.0 Å². The standard InChI is InChI=1S/C32H28N2O3/c35-32(36)19-24-22-33(21-23-9-2-1-3-10-23)31-20-25(15-16-26(24)31)37-18-8-17-34-29-13-6-4-11-27(29)28-12-5-7-14-30(28)34/h1-7,9-16,20,22H,8,17-19,21H2,(H,35,36). The second kappa shape index (κ2) is 9.86. The van der Waals surface area contributed by atoms with Gasteiger partial charge in [-0.3, -0.25) is 4.79 Å². The average molecular weight is 489 g/mol. The lowest BCUT2D eigenvalue weighted by Crippen LogP contribution is -2.04. The first-order valence-corrected chi connectivity index (χ1v) is 12.6. The first-order valence-electron chi connectivity index (χ1n) is 12.6. The summed E-state index contributed by atoms with van der Waals surface area (Å²) in [6, 6.07) is 33.2. The Hall–Kier alpha value is -4.51. The van der Waals surface area contributed by atoms with E-state index in [-0.39, 0.29) is 6.42 Å². The van der Waals surface area contributed by atoms with Crippen molar-refractivity contribution in [3.8, 4) is 5.75 Å². The van der Waals surface area contributed by atoms with E-state index < -0.39 is 5.97 Å². The summed E-state index contributed by atoms with van der Waals surface area (Å²) in [6.07, 6.45) is 2.82. The van der Waals surface area contributed by atoms with E-state index in [4.69, 9.17) is 4.74 Å². The molecule has 2 aromatic heterocycles. The summed E-state index contributed by atoms with van der Waals surface area (Å²) in [5.41, 5.74) is 5.46. The minimum Gasteiger partial charge on any atom is -0.493 e. The number of carboxylic acid groups (broad SMARTS) is 1. The molecule has 4 aromatic carbocycles. The highest BCUT2D eigenvalue weighted by molar-refractivity contribution is 6.07. The van der Waals surface area contributed by atoms with Gasteiger partial charge in [-0.05, 0) is 41.8 Å². The fourth-order valence-corrected chi connectivity index (χ4v) is 5.31. The first-order chi connectivity index (χ1) is 18.2. The van der Waals surface area contributed by atoms with Gasteiger partial charge in [0.2, 0.25) is 0 Å². The van der Waals surface area contributed by atoms with Crippen molar-refractivity contribution >= 4 is 38.7 Å². The Bertz CT molecular complexity index is 1660. The molecule has 5 heteroatoms. The van der Waals surface area contributed by atoms with Crippen molar-refractivity contribution in [2.24, 2.45) is 0 Å². The molecule has 0 bridgehead atoms. The number of benzene rings is 4. The molecule has 0 aliphatic carbocycles. The number of aliphatic carboxylic acids is 1. The maximum absolute atomic E-state index is 11.4. The smallest absolute Gasteiger partial charge is 0.307 e. The van der Waals surface area contributed by atoms with Gasteiger partial charge in [0.1, 0.15) is 5.75 Å². The zero-order chi connectivity index (χ0) is 25.2. The van der Waals surface area contributed by atoms with Crippen LogP contribution in [-0.2, 0) is 24.3 Å². The van der Waals surface area contributed by atoms with Crippen LogP contribution in [0.15, 0.2) is 103 Å². The molecule has 0 amide bonds. The largest absolute Gasteiger partial charge is 0.493 e. The molecule has 37 heavy (non-hydrogen) atoms. The van der Waals surface area contributed by atoms with Crippen molar-refractivity contribution in [1.82, 2.24) is 9.13 Å². The Morgan fingerprint density at radius 2 is 1.43 bits per heavy atom. The van der Waals surface area contributed by atoms with Crippen LogP contribution in [0.1, 0.15) is 17.5 Å². The quantitative estimate of drug-likeness (QED) is 0.225. The molecule has 1 N–H and O–H groups in total. The van der Waals surface area contributed by atoms with Crippen molar-refractivity contribution in [3.05, 3.63) is 114 Å². The molecule has 0 atom stereocenters. The molecule has 6 aromatic rings. The average Bonchev–Trinajstić information content (AvgIpc) is 3.42. The number of aromatic nitrogens is 2. The Morgan fingerprint density at radius 1 is 0.757 bits per heavy atom. The Morgan fingerprint density at radius 3 is 2.14 bits per heavy atom. The van der Waals surface area contributed by atoms with Crippen molar-refractivity contribution in [3.63, 3.8) is 0 Å².